The standard InChI is InChI=1S/C19H17N3O2S/c1-12(23)22-9-8-13-10-14(6-7-16(13)22)19(24)20-11-18-21-15-4-2-3-5-17(15)25-18/h2-7,10H,8-9,11H2,1H3,(H,20,24). The van der Waals surface area contributed by atoms with E-state index in [9.17, 15) is 9.59 Å². The van der Waals surface area contributed by atoms with Crippen LogP contribution in [-0.2, 0) is 17.8 Å². The van der Waals surface area contributed by atoms with Crippen LogP contribution in [-0.4, -0.2) is 23.3 Å². The number of carbonyl (C=O) groups excluding carboxylic acids is 2. The van der Waals surface area contributed by atoms with Gasteiger partial charge in [0, 0.05) is 24.7 Å². The van der Waals surface area contributed by atoms with Gasteiger partial charge in [0.1, 0.15) is 5.01 Å². The molecule has 1 aliphatic heterocycles. The Morgan fingerprint density at radius 1 is 1.24 bits per heavy atom. The van der Waals surface area contributed by atoms with Crippen molar-refractivity contribution >= 4 is 39.1 Å². The van der Waals surface area contributed by atoms with Gasteiger partial charge in [0.05, 0.1) is 16.8 Å². The third-order valence-electron chi connectivity index (χ3n) is 4.36. The largest absolute Gasteiger partial charge is 0.346 e. The molecule has 5 nitrogen and oxygen atoms in total. The molecule has 25 heavy (non-hydrogen) atoms. The van der Waals surface area contributed by atoms with E-state index in [0.717, 1.165) is 32.9 Å². The van der Waals surface area contributed by atoms with Crippen molar-refractivity contribution in [2.45, 2.75) is 19.9 Å². The number of para-hydroxylation sites is 1. The normalized spacial score (nSPS) is 13.1. The maximum absolute atomic E-state index is 12.4. The Kier molecular flexibility index (Phi) is 3.97. The Hall–Kier alpha value is -2.73. The molecule has 2 aromatic carbocycles. The number of carbonyl (C=O) groups is 2. The first-order chi connectivity index (χ1) is 12.1. The second-order valence-corrected chi connectivity index (χ2v) is 7.14. The van der Waals surface area contributed by atoms with Crippen LogP contribution in [0.5, 0.6) is 0 Å². The van der Waals surface area contributed by atoms with E-state index in [2.05, 4.69) is 10.3 Å². The van der Waals surface area contributed by atoms with Crippen LogP contribution in [0.1, 0.15) is 27.9 Å². The first-order valence-electron chi connectivity index (χ1n) is 8.15. The van der Waals surface area contributed by atoms with E-state index in [0.29, 0.717) is 18.7 Å². The van der Waals surface area contributed by atoms with Crippen LogP contribution in [0.2, 0.25) is 0 Å². The Morgan fingerprint density at radius 3 is 2.88 bits per heavy atom. The van der Waals surface area contributed by atoms with Crippen LogP contribution >= 0.6 is 11.3 Å². The molecule has 2 amide bonds. The first-order valence-corrected chi connectivity index (χ1v) is 8.97. The van der Waals surface area contributed by atoms with Crippen molar-refractivity contribution in [2.24, 2.45) is 0 Å². The zero-order valence-electron chi connectivity index (χ0n) is 13.8. The van der Waals surface area contributed by atoms with Gasteiger partial charge in [-0.05, 0) is 42.3 Å². The van der Waals surface area contributed by atoms with E-state index < -0.39 is 0 Å². The number of rotatable bonds is 3. The van der Waals surface area contributed by atoms with E-state index in [-0.39, 0.29) is 11.8 Å². The fraction of sp³-hybridized carbons (Fsp3) is 0.211. The average Bonchev–Trinajstić information content (AvgIpc) is 3.22. The summed E-state index contributed by atoms with van der Waals surface area (Å²) < 4.78 is 1.12. The van der Waals surface area contributed by atoms with E-state index in [1.807, 2.05) is 36.4 Å². The smallest absolute Gasteiger partial charge is 0.251 e. The molecule has 0 unspecified atom stereocenters. The monoisotopic (exact) mass is 351 g/mol. The van der Waals surface area contributed by atoms with Gasteiger partial charge in [0.2, 0.25) is 5.91 Å². The van der Waals surface area contributed by atoms with Crippen molar-refractivity contribution in [1.82, 2.24) is 10.3 Å². The molecule has 2 heterocycles. The Bertz CT molecular complexity index is 947. The molecule has 4 rings (SSSR count). The van der Waals surface area contributed by atoms with Crippen molar-refractivity contribution in [2.75, 3.05) is 11.4 Å². The number of anilines is 1. The number of aromatic nitrogens is 1. The van der Waals surface area contributed by atoms with Crippen LogP contribution in [0.3, 0.4) is 0 Å². The average molecular weight is 351 g/mol. The predicted octanol–water partition coefficient (Wildman–Crippen LogP) is 3.14. The lowest BCUT2D eigenvalue weighted by atomic mass is 10.1. The first kappa shape index (κ1) is 15.8. The van der Waals surface area contributed by atoms with Crippen molar-refractivity contribution in [1.29, 1.82) is 0 Å². The summed E-state index contributed by atoms with van der Waals surface area (Å²) in [6.07, 6.45) is 0.786. The van der Waals surface area contributed by atoms with Gasteiger partial charge in [-0.2, -0.15) is 0 Å². The number of thiazole rings is 1. The molecular weight excluding hydrogens is 334 g/mol. The maximum atomic E-state index is 12.4. The number of fused-ring (bicyclic) bond motifs is 2. The van der Waals surface area contributed by atoms with Crippen molar-refractivity contribution in [3.8, 4) is 0 Å². The third kappa shape index (κ3) is 3.00. The Labute approximate surface area is 149 Å². The molecule has 0 spiro atoms. The van der Waals surface area contributed by atoms with Gasteiger partial charge in [-0.1, -0.05) is 12.1 Å². The fourth-order valence-electron chi connectivity index (χ4n) is 3.12. The van der Waals surface area contributed by atoms with Gasteiger partial charge in [-0.3, -0.25) is 9.59 Å². The molecule has 0 bridgehead atoms. The molecule has 0 radical (unpaired) electrons. The van der Waals surface area contributed by atoms with Gasteiger partial charge in [-0.15, -0.1) is 11.3 Å². The van der Waals surface area contributed by atoms with Crippen molar-refractivity contribution < 1.29 is 9.59 Å². The number of benzene rings is 2. The highest BCUT2D eigenvalue weighted by atomic mass is 32.1. The maximum Gasteiger partial charge on any atom is 0.251 e. The van der Waals surface area contributed by atoms with E-state index in [4.69, 9.17) is 0 Å². The molecular formula is C19H17N3O2S. The third-order valence-corrected chi connectivity index (χ3v) is 5.39. The molecule has 0 saturated heterocycles. The summed E-state index contributed by atoms with van der Waals surface area (Å²) in [5.41, 5.74) is 3.53. The fourth-order valence-corrected chi connectivity index (χ4v) is 4.03. The minimum atomic E-state index is -0.122. The zero-order chi connectivity index (χ0) is 17.4. The van der Waals surface area contributed by atoms with Crippen LogP contribution in [0.25, 0.3) is 10.2 Å². The van der Waals surface area contributed by atoms with Crippen molar-refractivity contribution in [3.05, 3.63) is 58.6 Å². The number of hydrogen-bond acceptors (Lipinski definition) is 4. The van der Waals surface area contributed by atoms with E-state index >= 15 is 0 Å². The van der Waals surface area contributed by atoms with Gasteiger partial charge in [0.15, 0.2) is 0 Å². The molecule has 3 aromatic rings. The number of nitrogens with one attached hydrogen (secondary N) is 1. The topological polar surface area (TPSA) is 62.3 Å². The zero-order valence-corrected chi connectivity index (χ0v) is 14.6. The lowest BCUT2D eigenvalue weighted by Gasteiger charge is -2.14. The second kappa shape index (κ2) is 6.29. The summed E-state index contributed by atoms with van der Waals surface area (Å²) in [4.78, 5) is 30.3. The number of nitrogens with zero attached hydrogens (tertiary/aromatic N) is 2. The summed E-state index contributed by atoms with van der Waals surface area (Å²) in [5, 5.41) is 3.82. The molecule has 6 heteroatoms. The predicted molar refractivity (Wildman–Crippen MR) is 99.0 cm³/mol. The lowest BCUT2D eigenvalue weighted by molar-refractivity contribution is -0.116. The summed E-state index contributed by atoms with van der Waals surface area (Å²) in [6.45, 7) is 2.66. The molecule has 1 aliphatic rings. The van der Waals surface area contributed by atoms with Crippen molar-refractivity contribution in [3.63, 3.8) is 0 Å². The summed E-state index contributed by atoms with van der Waals surface area (Å²) in [5.74, 6) is -0.0879. The molecule has 0 fully saturated rings. The molecule has 0 saturated carbocycles. The molecule has 0 atom stereocenters. The Morgan fingerprint density at radius 2 is 2.08 bits per heavy atom. The summed E-state index contributed by atoms with van der Waals surface area (Å²) in [6, 6.07) is 13.4. The van der Waals surface area contributed by atoms with Gasteiger partial charge >= 0.3 is 0 Å². The van der Waals surface area contributed by atoms with Gasteiger partial charge in [-0.25, -0.2) is 4.98 Å². The van der Waals surface area contributed by atoms with E-state index in [1.54, 1.807) is 29.2 Å². The SMILES string of the molecule is CC(=O)N1CCc2cc(C(=O)NCc3nc4ccccc4s3)ccc21. The van der Waals surface area contributed by atoms with Crippen LogP contribution < -0.4 is 10.2 Å². The quantitative estimate of drug-likeness (QED) is 0.788. The minimum Gasteiger partial charge on any atom is -0.346 e. The lowest BCUT2D eigenvalue weighted by Crippen LogP contribution is -2.26. The second-order valence-electron chi connectivity index (χ2n) is 6.02. The molecule has 1 N–H and O–H groups in total. The highest BCUT2D eigenvalue weighted by Gasteiger charge is 2.23. The molecule has 1 aromatic heterocycles. The number of hydrogen-bond donors (Lipinski definition) is 1. The minimum absolute atomic E-state index is 0.0341. The summed E-state index contributed by atoms with van der Waals surface area (Å²) in [7, 11) is 0. The Balaban J connectivity index is 1.47. The molecule has 0 aliphatic carbocycles. The molecule has 126 valence electrons. The number of amides is 2. The van der Waals surface area contributed by atoms with Crippen LogP contribution in [0.15, 0.2) is 42.5 Å². The van der Waals surface area contributed by atoms with Gasteiger partial charge in [0.25, 0.3) is 5.91 Å². The summed E-state index contributed by atoms with van der Waals surface area (Å²) >= 11 is 1.59. The van der Waals surface area contributed by atoms with Gasteiger partial charge < -0.3 is 10.2 Å². The highest BCUT2D eigenvalue weighted by molar-refractivity contribution is 7.18. The highest BCUT2D eigenvalue weighted by Crippen LogP contribution is 2.29. The van der Waals surface area contributed by atoms with Crippen LogP contribution in [0.4, 0.5) is 5.69 Å². The van der Waals surface area contributed by atoms with E-state index in [1.165, 1.54) is 0 Å². The van der Waals surface area contributed by atoms with Crippen LogP contribution in [0, 0.1) is 0 Å².